The van der Waals surface area contributed by atoms with E-state index < -0.39 is 27.0 Å². The van der Waals surface area contributed by atoms with Gasteiger partial charge in [0.05, 0.1) is 29.2 Å². The van der Waals surface area contributed by atoms with Crippen LogP contribution in [-0.4, -0.2) is 38.1 Å². The van der Waals surface area contributed by atoms with E-state index in [2.05, 4.69) is 38.2 Å². The molecule has 0 aliphatic heterocycles. The molecule has 1 rings (SSSR count). The van der Waals surface area contributed by atoms with Crippen LogP contribution in [0.5, 0.6) is 0 Å². The minimum atomic E-state index is -4.56. The molecule has 0 unspecified atom stereocenters. The largest absolute Gasteiger partial charge is 0.462 e. The summed E-state index contributed by atoms with van der Waals surface area (Å²) in [6.45, 7) is 4.75. The van der Waals surface area contributed by atoms with E-state index in [1.165, 1.54) is 31.7 Å². The van der Waals surface area contributed by atoms with Crippen molar-refractivity contribution in [1.82, 2.24) is 0 Å². The van der Waals surface area contributed by atoms with E-state index in [1.807, 2.05) is 0 Å². The Morgan fingerprint density at radius 1 is 0.619 bits per heavy atom. The van der Waals surface area contributed by atoms with E-state index in [0.29, 0.717) is 12.8 Å². The van der Waals surface area contributed by atoms with Crippen molar-refractivity contribution in [2.45, 2.75) is 134 Å². The third-order valence-corrected chi connectivity index (χ3v) is 7.86. The van der Waals surface area contributed by atoms with Crippen molar-refractivity contribution >= 4 is 22.1 Å². The van der Waals surface area contributed by atoms with E-state index in [0.717, 1.165) is 89.2 Å². The number of hydrogen-bond donors (Lipinski definition) is 1. The number of carbonyl (C=O) groups excluding carboxylic acids is 2. The number of unbranched alkanes of at least 4 members (excludes halogenated alkanes) is 14. The number of rotatable bonds is 25. The standard InChI is InChI=1S/C34H54O7S/c1-3-5-7-9-11-13-15-17-19-21-23-27-40-33(35)31-26-25-30(42(37,38)39)29-32(31)34(36)41-28-24-22-20-18-16-14-12-10-8-6-4-2/h9-12,25-26,29H,3-8,13-24,27-28H2,1-2H3,(H,37,38,39)/b11-9+,12-10+. The summed E-state index contributed by atoms with van der Waals surface area (Å²) in [7, 11) is -4.56. The summed E-state index contributed by atoms with van der Waals surface area (Å²) >= 11 is 0. The third kappa shape index (κ3) is 18.2. The van der Waals surface area contributed by atoms with Crippen LogP contribution in [0, 0.1) is 0 Å². The van der Waals surface area contributed by atoms with Gasteiger partial charge < -0.3 is 9.47 Å². The number of allylic oxidation sites excluding steroid dienone is 4. The summed E-state index contributed by atoms with van der Waals surface area (Å²) in [6, 6.07) is 3.24. The Balaban J connectivity index is 2.44. The lowest BCUT2D eigenvalue weighted by molar-refractivity contribution is 0.0450. The van der Waals surface area contributed by atoms with Crippen molar-refractivity contribution in [3.63, 3.8) is 0 Å². The first-order valence-electron chi connectivity index (χ1n) is 16.1. The number of esters is 2. The first kappa shape index (κ1) is 37.6. The Labute approximate surface area is 254 Å². The van der Waals surface area contributed by atoms with Gasteiger partial charge in [0.25, 0.3) is 10.1 Å². The van der Waals surface area contributed by atoms with Gasteiger partial charge in [-0.1, -0.05) is 102 Å². The molecule has 0 fully saturated rings. The Kier molecular flexibility index (Phi) is 21.5. The molecule has 0 aromatic heterocycles. The summed E-state index contributed by atoms with van der Waals surface area (Å²) in [5, 5.41) is 0. The fourth-order valence-electron chi connectivity index (χ4n) is 4.42. The van der Waals surface area contributed by atoms with Gasteiger partial charge in [-0.05, 0) is 69.6 Å². The van der Waals surface area contributed by atoms with Gasteiger partial charge >= 0.3 is 11.9 Å². The fourth-order valence-corrected chi connectivity index (χ4v) is 4.93. The average molecular weight is 607 g/mol. The Morgan fingerprint density at radius 2 is 1.02 bits per heavy atom. The zero-order chi connectivity index (χ0) is 30.9. The topological polar surface area (TPSA) is 107 Å². The molecule has 1 aromatic carbocycles. The van der Waals surface area contributed by atoms with Gasteiger partial charge in [0.2, 0.25) is 0 Å². The molecule has 0 amide bonds. The molecule has 42 heavy (non-hydrogen) atoms. The molecule has 0 saturated carbocycles. The molecule has 8 heteroatoms. The second kappa shape index (κ2) is 24.0. The average Bonchev–Trinajstić information content (AvgIpc) is 2.97. The van der Waals surface area contributed by atoms with Gasteiger partial charge in [0.1, 0.15) is 0 Å². The summed E-state index contributed by atoms with van der Waals surface area (Å²) in [5.74, 6) is -1.53. The number of ether oxygens (including phenoxy) is 2. The molecule has 0 bridgehead atoms. The second-order valence-corrected chi connectivity index (χ2v) is 12.2. The van der Waals surface area contributed by atoms with Gasteiger partial charge in [-0.15, -0.1) is 0 Å². The summed E-state index contributed by atoms with van der Waals surface area (Å²) in [6.07, 6.45) is 28.2. The zero-order valence-electron chi connectivity index (χ0n) is 26.0. The minimum Gasteiger partial charge on any atom is -0.462 e. The van der Waals surface area contributed by atoms with E-state index in [9.17, 15) is 22.6 Å². The van der Waals surface area contributed by atoms with Crippen LogP contribution < -0.4 is 0 Å². The maximum Gasteiger partial charge on any atom is 0.339 e. The highest BCUT2D eigenvalue weighted by molar-refractivity contribution is 7.85. The summed E-state index contributed by atoms with van der Waals surface area (Å²) in [4.78, 5) is 25.0. The Hall–Kier alpha value is -2.45. The molecule has 0 radical (unpaired) electrons. The number of benzene rings is 1. The van der Waals surface area contributed by atoms with Crippen LogP contribution in [0.2, 0.25) is 0 Å². The maximum atomic E-state index is 12.8. The predicted molar refractivity (Wildman–Crippen MR) is 170 cm³/mol. The summed E-state index contributed by atoms with van der Waals surface area (Å²) in [5.41, 5.74) is -0.300. The Morgan fingerprint density at radius 3 is 1.48 bits per heavy atom. The van der Waals surface area contributed by atoms with Crippen LogP contribution in [0.25, 0.3) is 0 Å². The lowest BCUT2D eigenvalue weighted by Crippen LogP contribution is -2.16. The molecule has 7 nitrogen and oxygen atoms in total. The van der Waals surface area contributed by atoms with Crippen molar-refractivity contribution in [2.24, 2.45) is 0 Å². The number of hydrogen-bond acceptors (Lipinski definition) is 6. The van der Waals surface area contributed by atoms with E-state index in [4.69, 9.17) is 9.47 Å². The van der Waals surface area contributed by atoms with Gasteiger partial charge in [0.15, 0.2) is 0 Å². The minimum absolute atomic E-state index is 0.0748. The smallest absolute Gasteiger partial charge is 0.339 e. The predicted octanol–water partition coefficient (Wildman–Crippen LogP) is 9.42. The summed E-state index contributed by atoms with van der Waals surface area (Å²) < 4.78 is 43.4. The highest BCUT2D eigenvalue weighted by Gasteiger charge is 2.23. The highest BCUT2D eigenvalue weighted by atomic mass is 32.2. The maximum absolute atomic E-state index is 12.8. The molecule has 0 heterocycles. The van der Waals surface area contributed by atoms with E-state index >= 15 is 0 Å². The number of carbonyl (C=O) groups is 2. The van der Waals surface area contributed by atoms with Crippen molar-refractivity contribution in [2.75, 3.05) is 13.2 Å². The monoisotopic (exact) mass is 606 g/mol. The van der Waals surface area contributed by atoms with Crippen LogP contribution in [0.4, 0.5) is 0 Å². The van der Waals surface area contributed by atoms with Crippen LogP contribution in [0.3, 0.4) is 0 Å². The van der Waals surface area contributed by atoms with Crippen LogP contribution >= 0.6 is 0 Å². The first-order valence-corrected chi connectivity index (χ1v) is 17.5. The van der Waals surface area contributed by atoms with Crippen LogP contribution in [0.15, 0.2) is 47.4 Å². The molecule has 1 aromatic rings. The molecule has 0 atom stereocenters. The molecule has 0 aliphatic carbocycles. The fraction of sp³-hybridized carbons (Fsp3) is 0.647. The Bertz CT molecular complexity index is 1040. The molecular formula is C34H54O7S. The first-order chi connectivity index (χ1) is 20.3. The van der Waals surface area contributed by atoms with Gasteiger partial charge in [-0.3, -0.25) is 4.55 Å². The highest BCUT2D eigenvalue weighted by Crippen LogP contribution is 2.19. The van der Waals surface area contributed by atoms with E-state index in [-0.39, 0.29) is 24.3 Å². The van der Waals surface area contributed by atoms with Crippen LogP contribution in [-0.2, 0) is 19.6 Å². The normalized spacial score (nSPS) is 11.9. The second-order valence-electron chi connectivity index (χ2n) is 10.8. The van der Waals surface area contributed by atoms with Crippen molar-refractivity contribution in [1.29, 1.82) is 0 Å². The molecule has 0 spiro atoms. The van der Waals surface area contributed by atoms with Gasteiger partial charge in [-0.25, -0.2) is 9.59 Å². The zero-order valence-corrected chi connectivity index (χ0v) is 26.8. The lowest BCUT2D eigenvalue weighted by atomic mass is 10.1. The van der Waals surface area contributed by atoms with Gasteiger partial charge in [0, 0.05) is 0 Å². The SMILES string of the molecule is CCCC/C=C/CCCCCCCOC(=O)c1ccc(S(=O)(=O)O)cc1C(=O)OCCCCCCC/C=C/CCCC. The van der Waals surface area contributed by atoms with Crippen LogP contribution in [0.1, 0.15) is 150 Å². The molecule has 0 aliphatic rings. The quantitative estimate of drug-likeness (QED) is 0.0511. The van der Waals surface area contributed by atoms with Crippen molar-refractivity contribution in [3.8, 4) is 0 Å². The molecule has 1 N–H and O–H groups in total. The molecule has 238 valence electrons. The van der Waals surface area contributed by atoms with Crippen molar-refractivity contribution < 1.29 is 32.0 Å². The lowest BCUT2D eigenvalue weighted by Gasteiger charge is -2.11. The third-order valence-electron chi connectivity index (χ3n) is 7.01. The van der Waals surface area contributed by atoms with E-state index in [1.54, 1.807) is 0 Å². The van der Waals surface area contributed by atoms with Gasteiger partial charge in [-0.2, -0.15) is 8.42 Å². The molecule has 0 saturated heterocycles. The van der Waals surface area contributed by atoms with Crippen molar-refractivity contribution in [3.05, 3.63) is 53.6 Å². The molecular weight excluding hydrogens is 552 g/mol.